The summed E-state index contributed by atoms with van der Waals surface area (Å²) in [5.74, 6) is 0.700. The predicted octanol–water partition coefficient (Wildman–Crippen LogP) is 0.791. The standard InChI is InChI=1S/C10H19N3OS/c1-4-11-6-9(14)7-15-10-5-8(2)12-13(10)3/h5,9,11,14H,4,6-7H2,1-3H3. The van der Waals surface area contributed by atoms with Gasteiger partial charge >= 0.3 is 0 Å². The Balaban J connectivity index is 2.33. The van der Waals surface area contributed by atoms with Crippen molar-refractivity contribution in [1.82, 2.24) is 15.1 Å². The first kappa shape index (κ1) is 12.5. The summed E-state index contributed by atoms with van der Waals surface area (Å²) in [6, 6.07) is 2.03. The number of thioether (sulfide) groups is 1. The molecule has 86 valence electrons. The van der Waals surface area contributed by atoms with Crippen LogP contribution < -0.4 is 5.32 Å². The lowest BCUT2D eigenvalue weighted by Crippen LogP contribution is -2.28. The second kappa shape index (κ2) is 6.15. The van der Waals surface area contributed by atoms with E-state index in [1.54, 1.807) is 11.8 Å². The number of hydrogen-bond donors (Lipinski definition) is 2. The number of aliphatic hydroxyl groups excluding tert-OH is 1. The molecule has 2 N–H and O–H groups in total. The molecule has 0 saturated heterocycles. The van der Waals surface area contributed by atoms with Crippen molar-refractivity contribution in [1.29, 1.82) is 0 Å². The van der Waals surface area contributed by atoms with Crippen molar-refractivity contribution in [2.24, 2.45) is 7.05 Å². The van der Waals surface area contributed by atoms with E-state index < -0.39 is 0 Å². The second-order valence-corrected chi connectivity index (χ2v) is 4.56. The number of rotatable bonds is 6. The Kier molecular flexibility index (Phi) is 5.14. The first-order valence-corrected chi connectivity index (χ1v) is 6.14. The van der Waals surface area contributed by atoms with E-state index in [0.717, 1.165) is 17.3 Å². The van der Waals surface area contributed by atoms with Gasteiger partial charge in [0.05, 0.1) is 16.8 Å². The second-order valence-electron chi connectivity index (χ2n) is 3.52. The molecular formula is C10H19N3OS. The Morgan fingerprint density at radius 2 is 2.40 bits per heavy atom. The molecule has 0 saturated carbocycles. The maximum absolute atomic E-state index is 9.63. The van der Waals surface area contributed by atoms with Crippen LogP contribution in [0.15, 0.2) is 11.1 Å². The summed E-state index contributed by atoms with van der Waals surface area (Å²) in [6.07, 6.45) is -0.301. The van der Waals surface area contributed by atoms with Crippen molar-refractivity contribution in [3.8, 4) is 0 Å². The van der Waals surface area contributed by atoms with Crippen molar-refractivity contribution in [2.75, 3.05) is 18.8 Å². The van der Waals surface area contributed by atoms with Gasteiger partial charge in [0.15, 0.2) is 0 Å². The van der Waals surface area contributed by atoms with E-state index in [1.807, 2.05) is 31.6 Å². The van der Waals surface area contributed by atoms with Crippen LogP contribution in [0.4, 0.5) is 0 Å². The molecule has 0 bridgehead atoms. The van der Waals surface area contributed by atoms with Crippen LogP contribution in [0.5, 0.6) is 0 Å². The fourth-order valence-electron chi connectivity index (χ4n) is 1.27. The molecule has 0 amide bonds. The van der Waals surface area contributed by atoms with Gasteiger partial charge in [-0.15, -0.1) is 11.8 Å². The molecule has 1 heterocycles. The van der Waals surface area contributed by atoms with E-state index in [1.165, 1.54) is 0 Å². The fourth-order valence-corrected chi connectivity index (χ4v) is 2.24. The number of aromatic nitrogens is 2. The molecule has 0 aliphatic rings. The zero-order chi connectivity index (χ0) is 11.3. The normalized spacial score (nSPS) is 13.1. The summed E-state index contributed by atoms with van der Waals surface area (Å²) in [4.78, 5) is 0. The van der Waals surface area contributed by atoms with Crippen LogP contribution >= 0.6 is 11.8 Å². The third-order valence-electron chi connectivity index (χ3n) is 2.01. The molecule has 4 nitrogen and oxygen atoms in total. The van der Waals surface area contributed by atoms with Crippen LogP contribution in [-0.4, -0.2) is 39.8 Å². The van der Waals surface area contributed by atoms with Crippen LogP contribution in [0.1, 0.15) is 12.6 Å². The van der Waals surface area contributed by atoms with Gasteiger partial charge in [-0.1, -0.05) is 6.92 Å². The molecule has 0 aliphatic heterocycles. The van der Waals surface area contributed by atoms with Gasteiger partial charge in [0.1, 0.15) is 0 Å². The molecule has 1 aromatic heterocycles. The minimum Gasteiger partial charge on any atom is -0.391 e. The van der Waals surface area contributed by atoms with Crippen LogP contribution in [0.25, 0.3) is 0 Å². The highest BCUT2D eigenvalue weighted by Gasteiger charge is 2.07. The lowest BCUT2D eigenvalue weighted by Gasteiger charge is -2.10. The molecule has 0 aromatic carbocycles. The average Bonchev–Trinajstić information content (AvgIpc) is 2.51. The highest BCUT2D eigenvalue weighted by molar-refractivity contribution is 7.99. The van der Waals surface area contributed by atoms with E-state index in [4.69, 9.17) is 0 Å². The van der Waals surface area contributed by atoms with Gasteiger partial charge in [-0.3, -0.25) is 4.68 Å². The molecule has 15 heavy (non-hydrogen) atoms. The monoisotopic (exact) mass is 229 g/mol. The van der Waals surface area contributed by atoms with Crippen LogP contribution in [0.3, 0.4) is 0 Å². The van der Waals surface area contributed by atoms with Crippen LogP contribution in [0.2, 0.25) is 0 Å². The Hall–Kier alpha value is -0.520. The molecule has 5 heteroatoms. The van der Waals surface area contributed by atoms with Crippen LogP contribution in [-0.2, 0) is 7.05 Å². The summed E-state index contributed by atoms with van der Waals surface area (Å²) in [5.41, 5.74) is 1.01. The number of likely N-dealkylation sites (N-methyl/N-ethyl adjacent to an activating group) is 1. The van der Waals surface area contributed by atoms with E-state index in [-0.39, 0.29) is 6.10 Å². The van der Waals surface area contributed by atoms with Gasteiger partial charge < -0.3 is 10.4 Å². The highest BCUT2D eigenvalue weighted by Crippen LogP contribution is 2.18. The number of hydrogen-bond acceptors (Lipinski definition) is 4. The quantitative estimate of drug-likeness (QED) is 0.708. The van der Waals surface area contributed by atoms with Crippen molar-refractivity contribution in [3.63, 3.8) is 0 Å². The van der Waals surface area contributed by atoms with Gasteiger partial charge in [-0.05, 0) is 19.5 Å². The summed E-state index contributed by atoms with van der Waals surface area (Å²) >= 11 is 1.64. The van der Waals surface area contributed by atoms with Crippen molar-refractivity contribution in [3.05, 3.63) is 11.8 Å². The SMILES string of the molecule is CCNCC(O)CSc1cc(C)nn1C. The molecule has 0 spiro atoms. The maximum atomic E-state index is 9.63. The lowest BCUT2D eigenvalue weighted by molar-refractivity contribution is 0.196. The van der Waals surface area contributed by atoms with Gasteiger partial charge in [0.2, 0.25) is 0 Å². The largest absolute Gasteiger partial charge is 0.391 e. The van der Waals surface area contributed by atoms with Gasteiger partial charge in [-0.25, -0.2) is 0 Å². The summed E-state index contributed by atoms with van der Waals surface area (Å²) in [5, 5.41) is 18.1. The number of aryl methyl sites for hydroxylation is 2. The third kappa shape index (κ3) is 4.24. The molecular weight excluding hydrogens is 210 g/mol. The highest BCUT2D eigenvalue weighted by atomic mass is 32.2. The molecule has 1 rings (SSSR count). The van der Waals surface area contributed by atoms with Gasteiger partial charge in [-0.2, -0.15) is 5.10 Å². The minimum absolute atomic E-state index is 0.301. The predicted molar refractivity (Wildman–Crippen MR) is 63.2 cm³/mol. The van der Waals surface area contributed by atoms with Crippen molar-refractivity contribution >= 4 is 11.8 Å². The molecule has 0 fully saturated rings. The van der Waals surface area contributed by atoms with Crippen molar-refractivity contribution in [2.45, 2.75) is 25.0 Å². The Morgan fingerprint density at radius 3 is 2.93 bits per heavy atom. The van der Waals surface area contributed by atoms with E-state index in [9.17, 15) is 5.11 Å². The smallest absolute Gasteiger partial charge is 0.0940 e. The fraction of sp³-hybridized carbons (Fsp3) is 0.700. The zero-order valence-electron chi connectivity index (χ0n) is 9.53. The average molecular weight is 229 g/mol. The molecule has 0 aliphatic carbocycles. The molecule has 0 radical (unpaired) electrons. The lowest BCUT2D eigenvalue weighted by atomic mass is 10.4. The van der Waals surface area contributed by atoms with E-state index in [2.05, 4.69) is 10.4 Å². The van der Waals surface area contributed by atoms with Gasteiger partial charge in [0, 0.05) is 19.3 Å². The van der Waals surface area contributed by atoms with E-state index >= 15 is 0 Å². The maximum Gasteiger partial charge on any atom is 0.0940 e. The third-order valence-corrected chi connectivity index (χ3v) is 3.24. The van der Waals surface area contributed by atoms with Gasteiger partial charge in [0.25, 0.3) is 0 Å². The van der Waals surface area contributed by atoms with Crippen LogP contribution in [0, 0.1) is 6.92 Å². The first-order valence-electron chi connectivity index (χ1n) is 5.15. The molecule has 1 aromatic rings. The number of aliphatic hydroxyl groups is 1. The summed E-state index contributed by atoms with van der Waals surface area (Å²) in [6.45, 7) is 5.55. The summed E-state index contributed by atoms with van der Waals surface area (Å²) < 4.78 is 1.85. The first-order chi connectivity index (χ1) is 7.13. The van der Waals surface area contributed by atoms with Crippen molar-refractivity contribution < 1.29 is 5.11 Å². The molecule has 1 unspecified atom stereocenters. The summed E-state index contributed by atoms with van der Waals surface area (Å²) in [7, 11) is 1.92. The number of nitrogens with zero attached hydrogens (tertiary/aromatic N) is 2. The Morgan fingerprint density at radius 1 is 1.67 bits per heavy atom. The number of nitrogens with one attached hydrogen (secondary N) is 1. The topological polar surface area (TPSA) is 50.1 Å². The Bertz CT molecular complexity index is 301. The Labute approximate surface area is 95.1 Å². The zero-order valence-corrected chi connectivity index (χ0v) is 10.3. The molecule has 1 atom stereocenters. The minimum atomic E-state index is -0.301. The van der Waals surface area contributed by atoms with E-state index in [0.29, 0.717) is 12.3 Å².